The Morgan fingerprint density at radius 1 is 1.26 bits per heavy atom. The van der Waals surface area contributed by atoms with E-state index < -0.39 is 12.5 Å². The van der Waals surface area contributed by atoms with Crippen LogP contribution in [0.3, 0.4) is 0 Å². The number of carbonyl (C=O) groups excluding carboxylic acids is 1. The molecule has 0 bridgehead atoms. The van der Waals surface area contributed by atoms with Gasteiger partial charge in [0.25, 0.3) is 5.91 Å². The number of hydrogen-bond donors (Lipinski definition) is 1. The van der Waals surface area contributed by atoms with Crippen molar-refractivity contribution in [3.8, 4) is 17.0 Å². The van der Waals surface area contributed by atoms with E-state index in [1.807, 2.05) is 24.7 Å². The molecular weight excluding hydrogens is 406 g/mol. The number of nitrogens with one attached hydrogen (secondary N) is 1. The summed E-state index contributed by atoms with van der Waals surface area (Å²) in [6.07, 6.45) is 4.89. The molecule has 8 nitrogen and oxygen atoms in total. The molecular formula is C21H20F2N6O2. The first-order chi connectivity index (χ1) is 14.9. The number of aromatic nitrogens is 5. The predicted octanol–water partition coefficient (Wildman–Crippen LogP) is 4.08. The third-order valence-corrected chi connectivity index (χ3v) is 4.79. The van der Waals surface area contributed by atoms with Gasteiger partial charge in [-0.25, -0.2) is 9.50 Å². The summed E-state index contributed by atoms with van der Waals surface area (Å²) in [5.41, 5.74) is 3.88. The van der Waals surface area contributed by atoms with Crippen LogP contribution >= 0.6 is 0 Å². The minimum Gasteiger partial charge on any atom is -0.433 e. The van der Waals surface area contributed by atoms with E-state index in [0.29, 0.717) is 5.65 Å². The van der Waals surface area contributed by atoms with E-state index in [1.54, 1.807) is 35.8 Å². The molecule has 0 aliphatic heterocycles. The predicted molar refractivity (Wildman–Crippen MR) is 110 cm³/mol. The van der Waals surface area contributed by atoms with Gasteiger partial charge in [-0.05, 0) is 44.5 Å². The zero-order chi connectivity index (χ0) is 22.1. The van der Waals surface area contributed by atoms with Crippen LogP contribution < -0.4 is 10.1 Å². The minimum absolute atomic E-state index is 0.123. The van der Waals surface area contributed by atoms with Gasteiger partial charge in [0, 0.05) is 24.5 Å². The molecule has 160 valence electrons. The monoisotopic (exact) mass is 426 g/mol. The van der Waals surface area contributed by atoms with Crippen LogP contribution in [0.2, 0.25) is 0 Å². The van der Waals surface area contributed by atoms with Gasteiger partial charge in [0.1, 0.15) is 11.3 Å². The van der Waals surface area contributed by atoms with E-state index in [9.17, 15) is 13.6 Å². The lowest BCUT2D eigenvalue weighted by molar-refractivity contribution is -0.0493. The second-order valence-electron chi connectivity index (χ2n) is 6.94. The highest BCUT2D eigenvalue weighted by molar-refractivity contribution is 6.08. The molecule has 0 atom stereocenters. The summed E-state index contributed by atoms with van der Waals surface area (Å²) in [6.45, 7) is 3.39. The summed E-state index contributed by atoms with van der Waals surface area (Å²) in [5.74, 6) is -0.660. The van der Waals surface area contributed by atoms with Gasteiger partial charge in [0.15, 0.2) is 5.65 Å². The van der Waals surface area contributed by atoms with E-state index in [4.69, 9.17) is 0 Å². The van der Waals surface area contributed by atoms with Crippen molar-refractivity contribution in [3.63, 3.8) is 0 Å². The van der Waals surface area contributed by atoms with Crippen LogP contribution in [0.1, 0.15) is 28.5 Å². The maximum Gasteiger partial charge on any atom is 0.387 e. The van der Waals surface area contributed by atoms with Crippen LogP contribution in [0.15, 0.2) is 42.9 Å². The maximum absolute atomic E-state index is 12.9. The highest BCUT2D eigenvalue weighted by Crippen LogP contribution is 2.29. The van der Waals surface area contributed by atoms with Gasteiger partial charge >= 0.3 is 6.61 Å². The van der Waals surface area contributed by atoms with Crippen LogP contribution in [-0.2, 0) is 6.54 Å². The van der Waals surface area contributed by atoms with Gasteiger partial charge in [0.2, 0.25) is 0 Å². The molecule has 0 aliphatic carbocycles. The highest BCUT2D eigenvalue weighted by Gasteiger charge is 2.20. The summed E-state index contributed by atoms with van der Waals surface area (Å²) >= 11 is 0. The molecule has 1 N–H and O–H groups in total. The summed E-state index contributed by atoms with van der Waals surface area (Å²) in [5, 5.41) is 11.4. The third kappa shape index (κ3) is 3.96. The number of ether oxygens (including phenoxy) is 1. The fourth-order valence-corrected chi connectivity index (χ4v) is 3.32. The number of amides is 1. The highest BCUT2D eigenvalue weighted by atomic mass is 19.3. The van der Waals surface area contributed by atoms with Crippen molar-refractivity contribution in [2.24, 2.45) is 0 Å². The van der Waals surface area contributed by atoms with Crippen LogP contribution in [0.25, 0.3) is 16.9 Å². The van der Waals surface area contributed by atoms with Gasteiger partial charge in [0.05, 0.1) is 23.3 Å². The molecule has 4 aromatic rings. The zero-order valence-corrected chi connectivity index (χ0v) is 17.1. The molecule has 3 aromatic heterocycles. The second kappa shape index (κ2) is 8.13. The second-order valence-corrected chi connectivity index (χ2v) is 6.94. The van der Waals surface area contributed by atoms with Crippen molar-refractivity contribution in [1.82, 2.24) is 24.4 Å². The Labute approximate surface area is 176 Å². The lowest BCUT2D eigenvalue weighted by Crippen LogP contribution is -2.14. The third-order valence-electron chi connectivity index (χ3n) is 4.79. The Morgan fingerprint density at radius 2 is 2.06 bits per heavy atom. The van der Waals surface area contributed by atoms with Crippen molar-refractivity contribution in [2.45, 2.75) is 33.9 Å². The summed E-state index contributed by atoms with van der Waals surface area (Å²) < 4.78 is 33.3. The molecule has 4 rings (SSSR count). The van der Waals surface area contributed by atoms with Crippen LogP contribution in [-0.4, -0.2) is 36.9 Å². The minimum atomic E-state index is -3.01. The van der Waals surface area contributed by atoms with Gasteiger partial charge in [-0.15, -0.1) is 0 Å². The van der Waals surface area contributed by atoms with Crippen molar-refractivity contribution in [1.29, 1.82) is 0 Å². The van der Waals surface area contributed by atoms with Gasteiger partial charge < -0.3 is 10.1 Å². The van der Waals surface area contributed by atoms with Crippen LogP contribution in [0.5, 0.6) is 5.75 Å². The summed E-state index contributed by atoms with van der Waals surface area (Å²) in [7, 11) is 0. The first-order valence-electron chi connectivity index (χ1n) is 9.61. The zero-order valence-electron chi connectivity index (χ0n) is 17.1. The fourth-order valence-electron chi connectivity index (χ4n) is 3.32. The summed E-state index contributed by atoms with van der Waals surface area (Å²) in [4.78, 5) is 17.2. The number of hydrogen-bond acceptors (Lipinski definition) is 5. The average molecular weight is 426 g/mol. The van der Waals surface area contributed by atoms with Crippen LogP contribution in [0.4, 0.5) is 14.5 Å². The van der Waals surface area contributed by atoms with Gasteiger partial charge in [-0.2, -0.15) is 19.0 Å². The Balaban J connectivity index is 1.71. The standard InChI is InChI=1S/C21H20F2N6O2/c1-4-28-11-15(13(3)27-28)17-7-8-24-19-14(10-25-29(17)19)20(30)26-16-9-12(2)5-6-18(16)31-21(22)23/h5-11,21H,4H2,1-3H3,(H,26,30). The number of carbonyl (C=O) groups is 1. The number of fused-ring (bicyclic) bond motifs is 1. The Bertz CT molecular complexity index is 1260. The molecule has 0 unspecified atom stereocenters. The van der Waals surface area contributed by atoms with E-state index in [1.165, 1.54) is 12.3 Å². The molecule has 0 saturated heterocycles. The summed E-state index contributed by atoms with van der Waals surface area (Å²) in [6, 6.07) is 6.36. The molecule has 0 fully saturated rings. The Hall–Kier alpha value is -3.82. The molecule has 0 spiro atoms. The SMILES string of the molecule is CCn1cc(-c2ccnc3c(C(=O)Nc4cc(C)ccc4OC(F)F)cnn23)c(C)n1. The van der Waals surface area contributed by atoms with Crippen LogP contribution in [0, 0.1) is 13.8 Å². The average Bonchev–Trinajstić information content (AvgIpc) is 3.33. The first-order valence-corrected chi connectivity index (χ1v) is 9.61. The van der Waals surface area contributed by atoms with Crippen molar-refractivity contribution in [3.05, 3.63) is 59.7 Å². The maximum atomic E-state index is 12.9. The topological polar surface area (TPSA) is 86.3 Å². The molecule has 31 heavy (non-hydrogen) atoms. The smallest absolute Gasteiger partial charge is 0.387 e. The van der Waals surface area contributed by atoms with E-state index >= 15 is 0 Å². The van der Waals surface area contributed by atoms with Crippen molar-refractivity contribution < 1.29 is 18.3 Å². The van der Waals surface area contributed by atoms with E-state index in [0.717, 1.165) is 29.1 Å². The molecule has 10 heteroatoms. The lowest BCUT2D eigenvalue weighted by Gasteiger charge is -2.12. The number of alkyl halides is 2. The van der Waals surface area contributed by atoms with E-state index in [-0.39, 0.29) is 17.0 Å². The van der Waals surface area contributed by atoms with Gasteiger partial charge in [-0.3, -0.25) is 9.48 Å². The quantitative estimate of drug-likeness (QED) is 0.502. The molecule has 0 radical (unpaired) electrons. The molecule has 0 aliphatic rings. The number of anilines is 1. The van der Waals surface area contributed by atoms with Gasteiger partial charge in [-0.1, -0.05) is 6.07 Å². The normalized spacial score (nSPS) is 11.3. The number of nitrogens with zero attached hydrogens (tertiary/aromatic N) is 5. The molecule has 1 amide bonds. The molecule has 0 saturated carbocycles. The number of aryl methyl sites for hydroxylation is 3. The number of benzene rings is 1. The number of rotatable bonds is 6. The van der Waals surface area contributed by atoms with Crippen molar-refractivity contribution in [2.75, 3.05) is 5.32 Å². The Morgan fingerprint density at radius 3 is 2.77 bits per heavy atom. The van der Waals surface area contributed by atoms with E-state index in [2.05, 4.69) is 25.2 Å². The lowest BCUT2D eigenvalue weighted by atomic mass is 10.2. The fraction of sp³-hybridized carbons (Fsp3) is 0.238. The molecule has 1 aromatic carbocycles. The largest absolute Gasteiger partial charge is 0.433 e. The van der Waals surface area contributed by atoms with Crippen molar-refractivity contribution >= 4 is 17.2 Å². The Kier molecular flexibility index (Phi) is 5.37. The molecule has 3 heterocycles. The first kappa shape index (κ1) is 20.5. The number of halogens is 2.